The van der Waals surface area contributed by atoms with Gasteiger partial charge in [0.05, 0.1) is 54.0 Å². The highest BCUT2D eigenvalue weighted by molar-refractivity contribution is 5.86. The molecule has 0 saturated heterocycles. The summed E-state index contributed by atoms with van der Waals surface area (Å²) in [5, 5.41) is 41.0. The first-order valence-corrected chi connectivity index (χ1v) is 9.89. The first kappa shape index (κ1) is 22.1. The van der Waals surface area contributed by atoms with Gasteiger partial charge in [-0.1, -0.05) is 60.7 Å². The third-order valence-corrected chi connectivity index (χ3v) is 5.88. The summed E-state index contributed by atoms with van der Waals surface area (Å²) in [6.07, 6.45) is 0. The minimum atomic E-state index is -2.14. The fourth-order valence-electron chi connectivity index (χ4n) is 4.55. The number of carbonyl (C=O) groups excluding carboxylic acids is 1. The number of esters is 1. The van der Waals surface area contributed by atoms with Gasteiger partial charge in [0.2, 0.25) is 0 Å². The van der Waals surface area contributed by atoms with E-state index in [0.717, 1.165) is 0 Å². The van der Waals surface area contributed by atoms with Crippen molar-refractivity contribution in [3.05, 3.63) is 83.1 Å². The molecule has 1 aliphatic rings. The molecule has 0 saturated carbocycles. The predicted octanol–water partition coefficient (Wildman–Crippen LogP) is 3.41. The van der Waals surface area contributed by atoms with Crippen molar-refractivity contribution in [1.29, 1.82) is 21.0 Å². The molecule has 0 unspecified atom stereocenters. The molecule has 3 atom stereocenters. The lowest BCUT2D eigenvalue weighted by molar-refractivity contribution is -0.155. The first-order chi connectivity index (χ1) is 15.5. The van der Waals surface area contributed by atoms with Crippen molar-refractivity contribution in [2.45, 2.75) is 18.8 Å². The fourth-order valence-corrected chi connectivity index (χ4v) is 4.55. The highest BCUT2D eigenvalue weighted by atomic mass is 16.5. The van der Waals surface area contributed by atoms with Gasteiger partial charge in [-0.05, 0) is 18.1 Å². The first-order valence-electron chi connectivity index (χ1n) is 9.89. The van der Waals surface area contributed by atoms with Crippen molar-refractivity contribution in [2.75, 3.05) is 6.61 Å². The normalized spacial score (nSPS) is 23.7. The Kier molecular flexibility index (Phi) is 5.97. The second kappa shape index (κ2) is 8.65. The van der Waals surface area contributed by atoms with Crippen LogP contribution in [-0.4, -0.2) is 12.6 Å². The third kappa shape index (κ3) is 2.97. The van der Waals surface area contributed by atoms with Gasteiger partial charge in [0.15, 0.2) is 10.8 Å². The molecular weight excluding hydrogens is 402 g/mol. The summed E-state index contributed by atoms with van der Waals surface area (Å²) in [6.45, 7) is 1.57. The third-order valence-electron chi connectivity index (χ3n) is 5.88. The quantitative estimate of drug-likeness (QED) is 0.744. The SMILES string of the molecule is CCOC(=O)[C@]1(C#N)[C@@H](c2ccccc2)C(C#N)=C(N)C(C#N)(C#N)[C@@H]1c1ccccc1. The Bertz CT molecular complexity index is 1210. The summed E-state index contributed by atoms with van der Waals surface area (Å²) >= 11 is 0. The second-order valence-electron chi connectivity index (χ2n) is 7.36. The van der Waals surface area contributed by atoms with Gasteiger partial charge in [0, 0.05) is 0 Å². The van der Waals surface area contributed by atoms with Crippen LogP contribution < -0.4 is 5.73 Å². The number of nitrogens with zero attached hydrogens (tertiary/aromatic N) is 4. The van der Waals surface area contributed by atoms with E-state index in [1.54, 1.807) is 67.6 Å². The Balaban J connectivity index is 2.58. The van der Waals surface area contributed by atoms with Crippen LogP contribution in [0.1, 0.15) is 29.9 Å². The van der Waals surface area contributed by atoms with Crippen molar-refractivity contribution < 1.29 is 9.53 Å². The molecule has 1 aliphatic carbocycles. The van der Waals surface area contributed by atoms with Crippen molar-refractivity contribution in [3.8, 4) is 24.3 Å². The van der Waals surface area contributed by atoms with Crippen LogP contribution in [-0.2, 0) is 9.53 Å². The monoisotopic (exact) mass is 421 g/mol. The maximum Gasteiger partial charge on any atom is 0.328 e. The molecule has 0 fully saturated rings. The van der Waals surface area contributed by atoms with Crippen molar-refractivity contribution >= 4 is 5.97 Å². The summed E-state index contributed by atoms with van der Waals surface area (Å²) in [5.74, 6) is -3.37. The number of nitriles is 4. The molecule has 156 valence electrons. The molecule has 0 aliphatic heterocycles. The van der Waals surface area contributed by atoms with Crippen LogP contribution in [0.15, 0.2) is 71.9 Å². The summed E-state index contributed by atoms with van der Waals surface area (Å²) in [5.41, 5.74) is 2.55. The van der Waals surface area contributed by atoms with Crippen LogP contribution in [0.5, 0.6) is 0 Å². The van der Waals surface area contributed by atoms with Crippen LogP contribution in [0.2, 0.25) is 0 Å². The smallest absolute Gasteiger partial charge is 0.328 e. The highest BCUT2D eigenvalue weighted by Crippen LogP contribution is 2.63. The van der Waals surface area contributed by atoms with Gasteiger partial charge in [-0.2, -0.15) is 21.0 Å². The summed E-state index contributed by atoms with van der Waals surface area (Å²) in [6, 6.07) is 24.8. The maximum absolute atomic E-state index is 13.6. The van der Waals surface area contributed by atoms with Gasteiger partial charge in [-0.15, -0.1) is 0 Å². The van der Waals surface area contributed by atoms with Gasteiger partial charge in [-0.25, -0.2) is 0 Å². The molecule has 2 N–H and O–H groups in total. The molecule has 0 amide bonds. The van der Waals surface area contributed by atoms with Gasteiger partial charge in [0.25, 0.3) is 0 Å². The number of hydrogen-bond acceptors (Lipinski definition) is 7. The number of rotatable bonds is 4. The molecule has 0 bridgehead atoms. The number of carbonyl (C=O) groups is 1. The van der Waals surface area contributed by atoms with E-state index >= 15 is 0 Å². The van der Waals surface area contributed by atoms with Crippen LogP contribution in [0.3, 0.4) is 0 Å². The standard InChI is InChI=1S/C25H19N5O2/c1-2-32-23(31)25(16-29)20(17-9-5-3-6-10-17)19(13-26)22(30)24(14-27,15-28)21(25)18-11-7-4-8-12-18/h3-12,20-21H,2,30H2,1H3/t20-,21-,25+/m0/s1. The number of benzene rings is 2. The van der Waals surface area contributed by atoms with E-state index in [1.807, 2.05) is 18.2 Å². The molecule has 2 aromatic rings. The number of hydrogen-bond donors (Lipinski definition) is 1. The Hall–Kier alpha value is -4.59. The van der Waals surface area contributed by atoms with E-state index < -0.39 is 28.6 Å². The van der Waals surface area contributed by atoms with Crippen molar-refractivity contribution in [2.24, 2.45) is 16.6 Å². The highest BCUT2D eigenvalue weighted by Gasteiger charge is 2.68. The number of ether oxygens (including phenoxy) is 1. The van der Waals surface area contributed by atoms with Crippen LogP contribution >= 0.6 is 0 Å². The minimum absolute atomic E-state index is 0.0293. The van der Waals surface area contributed by atoms with Crippen molar-refractivity contribution in [3.63, 3.8) is 0 Å². The maximum atomic E-state index is 13.6. The van der Waals surface area contributed by atoms with Crippen LogP contribution in [0, 0.1) is 56.2 Å². The van der Waals surface area contributed by atoms with Crippen molar-refractivity contribution in [1.82, 2.24) is 0 Å². The molecule has 2 aromatic carbocycles. The van der Waals surface area contributed by atoms with E-state index in [9.17, 15) is 25.8 Å². The molecule has 3 rings (SSSR count). The van der Waals surface area contributed by atoms with Gasteiger partial charge in [0.1, 0.15) is 0 Å². The van der Waals surface area contributed by atoms with E-state index in [0.29, 0.717) is 11.1 Å². The molecule has 0 radical (unpaired) electrons. The number of nitrogens with two attached hydrogens (primary N) is 1. The average molecular weight is 421 g/mol. The topological polar surface area (TPSA) is 147 Å². The molecule has 7 nitrogen and oxygen atoms in total. The lowest BCUT2D eigenvalue weighted by atomic mass is 9.48. The average Bonchev–Trinajstić information content (AvgIpc) is 2.84. The summed E-state index contributed by atoms with van der Waals surface area (Å²) in [4.78, 5) is 13.6. The Morgan fingerprint density at radius 1 is 0.938 bits per heavy atom. The zero-order chi connectivity index (χ0) is 23.4. The summed E-state index contributed by atoms with van der Waals surface area (Å²) < 4.78 is 5.34. The van der Waals surface area contributed by atoms with Crippen LogP contribution in [0.4, 0.5) is 0 Å². The molecule has 0 heterocycles. The zero-order valence-corrected chi connectivity index (χ0v) is 17.3. The Morgan fingerprint density at radius 3 is 1.91 bits per heavy atom. The largest absolute Gasteiger partial charge is 0.465 e. The number of allylic oxidation sites excluding steroid dienone is 2. The molecule has 7 heteroatoms. The fraction of sp³-hybridized carbons (Fsp3) is 0.240. The van der Waals surface area contributed by atoms with Gasteiger partial charge >= 0.3 is 5.97 Å². The zero-order valence-electron chi connectivity index (χ0n) is 17.3. The van der Waals surface area contributed by atoms with Gasteiger partial charge < -0.3 is 10.5 Å². The predicted molar refractivity (Wildman–Crippen MR) is 114 cm³/mol. The van der Waals surface area contributed by atoms with E-state index in [4.69, 9.17) is 10.5 Å². The molecule has 32 heavy (non-hydrogen) atoms. The Labute approximate surface area is 186 Å². The minimum Gasteiger partial charge on any atom is -0.465 e. The molecule has 0 aromatic heterocycles. The lowest BCUT2D eigenvalue weighted by Crippen LogP contribution is -2.54. The molecule has 0 spiro atoms. The lowest BCUT2D eigenvalue weighted by Gasteiger charge is -2.48. The van der Waals surface area contributed by atoms with E-state index in [2.05, 4.69) is 6.07 Å². The molecular formula is C25H19N5O2. The Morgan fingerprint density at radius 2 is 1.47 bits per heavy atom. The van der Waals surface area contributed by atoms with Gasteiger partial charge in [-0.3, -0.25) is 4.79 Å². The van der Waals surface area contributed by atoms with Crippen LogP contribution in [0.25, 0.3) is 0 Å². The van der Waals surface area contributed by atoms with E-state index in [-0.39, 0.29) is 17.9 Å². The summed E-state index contributed by atoms with van der Waals surface area (Å²) in [7, 11) is 0. The van der Waals surface area contributed by atoms with E-state index in [1.165, 1.54) is 0 Å². The second-order valence-corrected chi connectivity index (χ2v) is 7.36.